The molecule has 0 aliphatic carbocycles. The van der Waals surface area contributed by atoms with Crippen LogP contribution in [0, 0.1) is 3.57 Å². The standard InChI is InChI=1S/C23H21IN2O4S2/c24-16-5-4-6-17(13-16)25-21(27)7-2-1-3-10-26-22(28)20(32-23(26)31)12-15-8-9-18-19(11-15)30-14-29-18/h4-6,8-9,11-13H,1-3,7,10,14H2,(H,25,27). The van der Waals surface area contributed by atoms with Crippen molar-refractivity contribution >= 4 is 74.5 Å². The average molecular weight is 580 g/mol. The van der Waals surface area contributed by atoms with E-state index < -0.39 is 0 Å². The fourth-order valence-corrected chi connectivity index (χ4v) is 5.22. The van der Waals surface area contributed by atoms with E-state index in [-0.39, 0.29) is 18.6 Å². The van der Waals surface area contributed by atoms with Gasteiger partial charge >= 0.3 is 0 Å². The number of carbonyl (C=O) groups is 2. The third kappa shape index (κ3) is 5.81. The molecule has 1 N–H and O–H groups in total. The molecule has 4 rings (SSSR count). The second kappa shape index (κ2) is 10.7. The van der Waals surface area contributed by atoms with Gasteiger partial charge in [0.2, 0.25) is 12.7 Å². The van der Waals surface area contributed by atoms with Crippen LogP contribution >= 0.6 is 46.6 Å². The highest BCUT2D eigenvalue weighted by atomic mass is 127. The highest BCUT2D eigenvalue weighted by molar-refractivity contribution is 14.1. The number of hydrogen-bond donors (Lipinski definition) is 1. The molecule has 1 saturated heterocycles. The second-order valence-corrected chi connectivity index (χ2v) is 10.2. The molecule has 6 nitrogen and oxygen atoms in total. The largest absolute Gasteiger partial charge is 0.454 e. The minimum Gasteiger partial charge on any atom is -0.454 e. The van der Waals surface area contributed by atoms with Crippen molar-refractivity contribution in [3.8, 4) is 11.5 Å². The number of fused-ring (bicyclic) bond motifs is 1. The summed E-state index contributed by atoms with van der Waals surface area (Å²) in [5, 5.41) is 2.92. The van der Waals surface area contributed by atoms with Gasteiger partial charge < -0.3 is 14.8 Å². The number of benzene rings is 2. The number of halogens is 1. The number of carbonyl (C=O) groups excluding carboxylic acids is 2. The molecule has 9 heteroatoms. The highest BCUT2D eigenvalue weighted by Crippen LogP contribution is 2.36. The fraction of sp³-hybridized carbons (Fsp3) is 0.261. The molecule has 166 valence electrons. The lowest BCUT2D eigenvalue weighted by Gasteiger charge is -2.14. The Balaban J connectivity index is 1.22. The first kappa shape index (κ1) is 23.1. The summed E-state index contributed by atoms with van der Waals surface area (Å²) in [4.78, 5) is 27.1. The summed E-state index contributed by atoms with van der Waals surface area (Å²) in [6, 6.07) is 13.3. The molecule has 32 heavy (non-hydrogen) atoms. The van der Waals surface area contributed by atoms with Gasteiger partial charge in [0.05, 0.1) is 4.91 Å². The van der Waals surface area contributed by atoms with Gasteiger partial charge in [0.15, 0.2) is 11.5 Å². The number of nitrogens with zero attached hydrogens (tertiary/aromatic N) is 1. The summed E-state index contributed by atoms with van der Waals surface area (Å²) in [6.45, 7) is 0.774. The zero-order valence-electron chi connectivity index (χ0n) is 17.1. The maximum atomic E-state index is 12.8. The molecular weight excluding hydrogens is 559 g/mol. The predicted octanol–water partition coefficient (Wildman–Crippen LogP) is 5.42. The molecule has 0 bridgehead atoms. The van der Waals surface area contributed by atoms with E-state index in [1.54, 1.807) is 4.90 Å². The number of rotatable bonds is 8. The Labute approximate surface area is 209 Å². The molecule has 2 aliphatic heterocycles. The summed E-state index contributed by atoms with van der Waals surface area (Å²) >= 11 is 8.94. The van der Waals surface area contributed by atoms with Crippen LogP contribution in [0.4, 0.5) is 5.69 Å². The van der Waals surface area contributed by atoms with Gasteiger partial charge in [-0.25, -0.2) is 0 Å². The lowest BCUT2D eigenvalue weighted by molar-refractivity contribution is -0.122. The van der Waals surface area contributed by atoms with Crippen molar-refractivity contribution < 1.29 is 19.1 Å². The fourth-order valence-electron chi connectivity index (χ4n) is 3.37. The van der Waals surface area contributed by atoms with Crippen LogP contribution in [-0.2, 0) is 9.59 Å². The Hall–Kier alpha value is -2.11. The first-order chi connectivity index (χ1) is 15.5. The van der Waals surface area contributed by atoms with Gasteiger partial charge in [-0.1, -0.05) is 42.5 Å². The van der Waals surface area contributed by atoms with Gasteiger partial charge in [0.25, 0.3) is 5.91 Å². The van der Waals surface area contributed by atoms with Crippen LogP contribution < -0.4 is 14.8 Å². The van der Waals surface area contributed by atoms with Crippen LogP contribution in [0.25, 0.3) is 6.08 Å². The van der Waals surface area contributed by atoms with Crippen LogP contribution in [0.5, 0.6) is 11.5 Å². The zero-order chi connectivity index (χ0) is 22.5. The van der Waals surface area contributed by atoms with Gasteiger partial charge in [-0.05, 0) is 77.4 Å². The molecule has 0 aromatic heterocycles. The van der Waals surface area contributed by atoms with Crippen LogP contribution in [0.1, 0.15) is 31.2 Å². The Morgan fingerprint density at radius 1 is 1.16 bits per heavy atom. The number of thiocarbonyl (C=S) groups is 1. The molecular formula is C23H21IN2O4S2. The molecule has 0 spiro atoms. The predicted molar refractivity (Wildman–Crippen MR) is 139 cm³/mol. The van der Waals surface area contributed by atoms with Crippen molar-refractivity contribution in [3.63, 3.8) is 0 Å². The first-order valence-electron chi connectivity index (χ1n) is 10.2. The molecule has 0 saturated carbocycles. The number of unbranched alkanes of at least 4 members (excludes halogenated alkanes) is 2. The molecule has 0 unspecified atom stereocenters. The van der Waals surface area contributed by atoms with Crippen LogP contribution in [0.15, 0.2) is 47.4 Å². The summed E-state index contributed by atoms with van der Waals surface area (Å²) < 4.78 is 12.4. The normalized spacial score (nSPS) is 16.2. The zero-order valence-corrected chi connectivity index (χ0v) is 20.9. The Bertz CT molecular complexity index is 1090. The van der Waals surface area contributed by atoms with Crippen molar-refractivity contribution in [3.05, 3.63) is 56.5 Å². The quantitative estimate of drug-likeness (QED) is 0.195. The van der Waals surface area contributed by atoms with Crippen molar-refractivity contribution in [2.75, 3.05) is 18.7 Å². The van der Waals surface area contributed by atoms with E-state index in [4.69, 9.17) is 21.7 Å². The van der Waals surface area contributed by atoms with E-state index in [0.717, 1.165) is 34.1 Å². The molecule has 2 amide bonds. The molecule has 2 aromatic rings. The summed E-state index contributed by atoms with van der Waals surface area (Å²) in [7, 11) is 0. The molecule has 0 radical (unpaired) electrons. The number of nitrogens with one attached hydrogen (secondary N) is 1. The van der Waals surface area contributed by atoms with E-state index in [0.29, 0.717) is 33.7 Å². The molecule has 0 atom stereocenters. The highest BCUT2D eigenvalue weighted by Gasteiger charge is 2.31. The van der Waals surface area contributed by atoms with E-state index in [9.17, 15) is 9.59 Å². The van der Waals surface area contributed by atoms with Crippen molar-refractivity contribution in [2.24, 2.45) is 0 Å². The summed E-state index contributed by atoms with van der Waals surface area (Å²) in [6.07, 6.45) is 4.68. The number of hydrogen-bond acceptors (Lipinski definition) is 6. The Morgan fingerprint density at radius 3 is 2.84 bits per heavy atom. The van der Waals surface area contributed by atoms with Gasteiger partial charge in [-0.2, -0.15) is 0 Å². The smallest absolute Gasteiger partial charge is 0.266 e. The SMILES string of the molecule is O=C(CCCCCN1C(=O)C(=Cc2ccc3c(c2)OCO3)SC1=S)Nc1cccc(I)c1. The molecule has 2 aromatic carbocycles. The van der Waals surface area contributed by atoms with Gasteiger partial charge in [0.1, 0.15) is 4.32 Å². The lowest BCUT2D eigenvalue weighted by Crippen LogP contribution is -2.29. The maximum absolute atomic E-state index is 12.8. The topological polar surface area (TPSA) is 67.9 Å². The van der Waals surface area contributed by atoms with E-state index in [1.807, 2.05) is 48.5 Å². The van der Waals surface area contributed by atoms with Crippen molar-refractivity contribution in [1.29, 1.82) is 0 Å². The van der Waals surface area contributed by atoms with E-state index in [2.05, 4.69) is 27.9 Å². The monoisotopic (exact) mass is 580 g/mol. The van der Waals surface area contributed by atoms with Crippen LogP contribution in [0.3, 0.4) is 0 Å². The van der Waals surface area contributed by atoms with E-state index >= 15 is 0 Å². The summed E-state index contributed by atoms with van der Waals surface area (Å²) in [5.74, 6) is 1.32. The Kier molecular flexibility index (Phi) is 7.69. The Morgan fingerprint density at radius 2 is 2.00 bits per heavy atom. The first-order valence-corrected chi connectivity index (χ1v) is 12.5. The number of ether oxygens (including phenoxy) is 2. The minimum absolute atomic E-state index is 0.00395. The van der Waals surface area contributed by atoms with E-state index in [1.165, 1.54) is 11.8 Å². The van der Waals surface area contributed by atoms with Crippen LogP contribution in [-0.4, -0.2) is 34.4 Å². The minimum atomic E-state index is -0.0749. The third-order valence-corrected chi connectivity index (χ3v) is 7.01. The van der Waals surface area contributed by atoms with Gasteiger partial charge in [-0.3, -0.25) is 14.5 Å². The second-order valence-electron chi connectivity index (χ2n) is 7.32. The molecule has 2 heterocycles. The summed E-state index contributed by atoms with van der Waals surface area (Å²) in [5.41, 5.74) is 1.68. The molecule has 2 aliphatic rings. The number of thioether (sulfide) groups is 1. The van der Waals surface area contributed by atoms with Gasteiger partial charge in [-0.15, -0.1) is 0 Å². The van der Waals surface area contributed by atoms with Crippen molar-refractivity contribution in [1.82, 2.24) is 4.90 Å². The average Bonchev–Trinajstić information content (AvgIpc) is 3.32. The third-order valence-electron chi connectivity index (χ3n) is 4.96. The maximum Gasteiger partial charge on any atom is 0.266 e. The number of amides is 2. The van der Waals surface area contributed by atoms with Crippen molar-refractivity contribution in [2.45, 2.75) is 25.7 Å². The lowest BCUT2D eigenvalue weighted by atomic mass is 10.1. The molecule has 1 fully saturated rings. The van der Waals surface area contributed by atoms with Crippen LogP contribution in [0.2, 0.25) is 0 Å². The van der Waals surface area contributed by atoms with Gasteiger partial charge in [0, 0.05) is 22.2 Å². The number of anilines is 1.